The molecule has 1 amide bonds. The quantitative estimate of drug-likeness (QED) is 0.718. The zero-order valence-corrected chi connectivity index (χ0v) is 18.1. The number of piperidine rings is 1. The van der Waals surface area contributed by atoms with Crippen LogP contribution in [-0.4, -0.2) is 61.1 Å². The molecule has 2 heterocycles. The topological polar surface area (TPSA) is 69.8 Å². The molecule has 1 aliphatic heterocycles. The zero-order chi connectivity index (χ0) is 19.4. The summed E-state index contributed by atoms with van der Waals surface area (Å²) >= 11 is 1.73. The van der Waals surface area contributed by atoms with Gasteiger partial charge in [-0.2, -0.15) is 11.3 Å². The lowest BCUT2D eigenvalue weighted by atomic mass is 9.75. The van der Waals surface area contributed by atoms with Gasteiger partial charge < -0.3 is 20.6 Å². The van der Waals surface area contributed by atoms with E-state index in [1.54, 1.807) is 23.5 Å². The van der Waals surface area contributed by atoms with Crippen LogP contribution in [0.1, 0.15) is 27.9 Å². The monoisotopic (exact) mass is 423 g/mol. The van der Waals surface area contributed by atoms with Gasteiger partial charge in [-0.3, -0.25) is 4.79 Å². The smallest absolute Gasteiger partial charge is 0.248 e. The number of carbonyl (C=O) groups is 1. The van der Waals surface area contributed by atoms with Gasteiger partial charge in [-0.05, 0) is 67.0 Å². The third-order valence-electron chi connectivity index (χ3n) is 5.49. The van der Waals surface area contributed by atoms with Crippen molar-refractivity contribution in [2.75, 3.05) is 40.3 Å². The van der Waals surface area contributed by atoms with Crippen molar-refractivity contribution in [1.29, 1.82) is 0 Å². The van der Waals surface area contributed by atoms with Crippen molar-refractivity contribution >= 4 is 29.7 Å². The molecule has 0 unspecified atom stereocenters. The van der Waals surface area contributed by atoms with Crippen molar-refractivity contribution in [3.05, 3.63) is 57.8 Å². The van der Waals surface area contributed by atoms with Gasteiger partial charge in [0.1, 0.15) is 0 Å². The van der Waals surface area contributed by atoms with E-state index < -0.39 is 11.5 Å². The van der Waals surface area contributed by atoms with E-state index in [2.05, 4.69) is 26.6 Å². The van der Waals surface area contributed by atoms with E-state index in [0.717, 1.165) is 38.2 Å². The van der Waals surface area contributed by atoms with Gasteiger partial charge in [-0.25, -0.2) is 0 Å². The molecular formula is C21H30ClN3O2S. The average molecular weight is 424 g/mol. The van der Waals surface area contributed by atoms with E-state index in [9.17, 15) is 9.90 Å². The first-order valence-electron chi connectivity index (χ1n) is 9.39. The highest BCUT2D eigenvalue weighted by atomic mass is 35.5. The highest BCUT2D eigenvalue weighted by Crippen LogP contribution is 2.38. The summed E-state index contributed by atoms with van der Waals surface area (Å²) in [5, 5.41) is 15.9. The van der Waals surface area contributed by atoms with Gasteiger partial charge >= 0.3 is 0 Å². The number of primary amides is 1. The summed E-state index contributed by atoms with van der Waals surface area (Å²) in [6.45, 7) is 3.45. The Morgan fingerprint density at radius 2 is 2.18 bits per heavy atom. The molecule has 3 N–H and O–H groups in total. The number of nitrogens with zero attached hydrogens (tertiary/aromatic N) is 2. The molecule has 0 radical (unpaired) electrons. The Labute approximate surface area is 177 Å². The van der Waals surface area contributed by atoms with Crippen LogP contribution < -0.4 is 5.73 Å². The first kappa shape index (κ1) is 22.8. The molecule has 1 saturated heterocycles. The summed E-state index contributed by atoms with van der Waals surface area (Å²) in [6, 6.07) is 9.36. The molecular weight excluding hydrogens is 394 g/mol. The van der Waals surface area contributed by atoms with E-state index in [0.29, 0.717) is 12.0 Å². The molecule has 3 rings (SSSR count). The normalized spacial score (nSPS) is 22.8. The largest absolute Gasteiger partial charge is 0.385 e. The van der Waals surface area contributed by atoms with Gasteiger partial charge in [-0.1, -0.05) is 12.1 Å². The number of nitrogens with two attached hydrogens (primary N) is 1. The van der Waals surface area contributed by atoms with E-state index in [-0.39, 0.29) is 18.3 Å². The minimum absolute atomic E-state index is 0. The van der Waals surface area contributed by atoms with E-state index in [1.165, 1.54) is 5.56 Å². The lowest BCUT2D eigenvalue weighted by Crippen LogP contribution is -2.53. The van der Waals surface area contributed by atoms with Crippen molar-refractivity contribution in [1.82, 2.24) is 9.80 Å². The van der Waals surface area contributed by atoms with Crippen LogP contribution in [0.5, 0.6) is 0 Å². The van der Waals surface area contributed by atoms with Crippen LogP contribution in [0.15, 0.2) is 41.1 Å². The second-order valence-corrected chi connectivity index (χ2v) is 8.54. The molecule has 0 bridgehead atoms. The first-order valence-corrected chi connectivity index (χ1v) is 10.3. The summed E-state index contributed by atoms with van der Waals surface area (Å²) in [5.74, 6) is -0.398. The van der Waals surface area contributed by atoms with Crippen LogP contribution in [0.25, 0.3) is 0 Å². The summed E-state index contributed by atoms with van der Waals surface area (Å²) in [7, 11) is 4.06. The number of hydrogen-bond acceptors (Lipinski definition) is 5. The fourth-order valence-electron chi connectivity index (χ4n) is 3.98. The molecule has 1 fully saturated rings. The van der Waals surface area contributed by atoms with Gasteiger partial charge in [-0.15, -0.1) is 12.4 Å². The average Bonchev–Trinajstić information content (AvgIpc) is 3.15. The molecule has 0 spiro atoms. The second kappa shape index (κ2) is 9.85. The molecule has 28 heavy (non-hydrogen) atoms. The number of benzene rings is 1. The number of hydrogen-bond donors (Lipinski definition) is 2. The van der Waals surface area contributed by atoms with Crippen molar-refractivity contribution in [3.8, 4) is 0 Å². The van der Waals surface area contributed by atoms with Crippen LogP contribution in [0.4, 0.5) is 0 Å². The highest BCUT2D eigenvalue weighted by molar-refractivity contribution is 7.07. The summed E-state index contributed by atoms with van der Waals surface area (Å²) in [6.07, 6.45) is 1.69. The number of rotatable bonds is 7. The molecule has 0 aliphatic carbocycles. The number of carbonyl (C=O) groups excluding carboxylic acids is 1. The first-order chi connectivity index (χ1) is 12.9. The molecule has 0 saturated carbocycles. The number of thiophene rings is 1. The van der Waals surface area contributed by atoms with E-state index >= 15 is 0 Å². The van der Waals surface area contributed by atoms with Gasteiger partial charge in [0.2, 0.25) is 5.91 Å². The number of amides is 1. The number of aliphatic hydroxyl groups is 1. The second-order valence-electron chi connectivity index (χ2n) is 7.76. The number of halogens is 1. The van der Waals surface area contributed by atoms with Crippen LogP contribution >= 0.6 is 23.7 Å². The SMILES string of the molecule is CN(C)C[C@H]1CN(CCc2ccsc2)CC[C@]1(O)c1cccc(C(N)=O)c1.Cl. The number of likely N-dealkylation sites (tertiary alicyclic amines) is 1. The standard InChI is InChI=1S/C21H29N3O2S.ClH/c1-23(2)13-19-14-24(9-6-16-7-11-27-15-16)10-8-21(19,26)18-5-3-4-17(12-18)20(22)25;/h3-5,7,11-12,15,19,26H,6,8-10,13-14H2,1-2H3,(H2,22,25);1H/t19-,21-;/m0./s1. The van der Waals surface area contributed by atoms with Crippen LogP contribution in [0.3, 0.4) is 0 Å². The Hall–Kier alpha value is -1.44. The Kier molecular flexibility index (Phi) is 8.04. The maximum atomic E-state index is 11.6. The van der Waals surface area contributed by atoms with Crippen molar-refractivity contribution < 1.29 is 9.90 Å². The molecule has 1 aliphatic rings. The van der Waals surface area contributed by atoms with Gasteiger partial charge in [0.25, 0.3) is 0 Å². The third-order valence-corrected chi connectivity index (χ3v) is 6.22. The fourth-order valence-corrected chi connectivity index (χ4v) is 4.69. The fraction of sp³-hybridized carbons (Fsp3) is 0.476. The minimum atomic E-state index is -0.950. The maximum absolute atomic E-state index is 11.6. The Balaban J connectivity index is 0.00000280. The summed E-state index contributed by atoms with van der Waals surface area (Å²) in [5.41, 5.74) is 7.11. The highest BCUT2D eigenvalue weighted by Gasteiger charge is 2.43. The molecule has 5 nitrogen and oxygen atoms in total. The van der Waals surface area contributed by atoms with Crippen LogP contribution in [0, 0.1) is 5.92 Å². The van der Waals surface area contributed by atoms with Crippen molar-refractivity contribution in [2.24, 2.45) is 11.7 Å². The van der Waals surface area contributed by atoms with E-state index in [4.69, 9.17) is 5.73 Å². The minimum Gasteiger partial charge on any atom is -0.385 e. The summed E-state index contributed by atoms with van der Waals surface area (Å²) in [4.78, 5) is 16.1. The van der Waals surface area contributed by atoms with Crippen LogP contribution in [-0.2, 0) is 12.0 Å². The lowest BCUT2D eigenvalue weighted by molar-refractivity contribution is -0.0843. The Morgan fingerprint density at radius 1 is 1.39 bits per heavy atom. The molecule has 1 aromatic heterocycles. The van der Waals surface area contributed by atoms with Crippen molar-refractivity contribution in [2.45, 2.75) is 18.4 Å². The van der Waals surface area contributed by atoms with Crippen LogP contribution in [0.2, 0.25) is 0 Å². The lowest BCUT2D eigenvalue weighted by Gasteiger charge is -2.46. The van der Waals surface area contributed by atoms with E-state index in [1.807, 2.05) is 26.2 Å². The predicted octanol–water partition coefficient (Wildman–Crippen LogP) is 2.58. The van der Waals surface area contributed by atoms with Gasteiger partial charge in [0.15, 0.2) is 0 Å². The van der Waals surface area contributed by atoms with Gasteiger partial charge in [0.05, 0.1) is 5.60 Å². The molecule has 1 aromatic carbocycles. The maximum Gasteiger partial charge on any atom is 0.248 e. The Bertz CT molecular complexity index is 769. The third kappa shape index (κ3) is 5.33. The molecule has 154 valence electrons. The molecule has 2 atom stereocenters. The predicted molar refractivity (Wildman–Crippen MR) is 117 cm³/mol. The van der Waals surface area contributed by atoms with Crippen molar-refractivity contribution in [3.63, 3.8) is 0 Å². The molecule has 2 aromatic rings. The van der Waals surface area contributed by atoms with Gasteiger partial charge in [0, 0.05) is 37.7 Å². The Morgan fingerprint density at radius 3 is 2.82 bits per heavy atom. The summed E-state index contributed by atoms with van der Waals surface area (Å²) < 4.78 is 0. The zero-order valence-electron chi connectivity index (χ0n) is 16.5. The molecule has 7 heteroatoms.